The number of urea groups is 1. The van der Waals surface area contributed by atoms with Crippen molar-refractivity contribution in [2.24, 2.45) is 0 Å². The second kappa shape index (κ2) is 9.01. The first kappa shape index (κ1) is 19.3. The normalized spacial score (nSPS) is 13.8. The molecule has 29 heavy (non-hydrogen) atoms. The summed E-state index contributed by atoms with van der Waals surface area (Å²) >= 11 is 5.88. The van der Waals surface area contributed by atoms with E-state index in [4.69, 9.17) is 11.6 Å². The van der Waals surface area contributed by atoms with E-state index in [1.807, 2.05) is 18.2 Å². The van der Waals surface area contributed by atoms with Crippen LogP contribution in [0.2, 0.25) is 5.02 Å². The molecule has 0 aliphatic carbocycles. The zero-order valence-corrected chi connectivity index (χ0v) is 17.0. The molecule has 0 saturated carbocycles. The largest absolute Gasteiger partial charge is 0.372 e. The molecule has 0 bridgehead atoms. The molecule has 1 aliphatic rings. The smallest absolute Gasteiger partial charge is 0.323 e. The molecule has 5 heteroatoms. The lowest BCUT2D eigenvalue weighted by molar-refractivity contribution is 0.262. The van der Waals surface area contributed by atoms with E-state index < -0.39 is 0 Å². The van der Waals surface area contributed by atoms with Crippen molar-refractivity contribution in [1.29, 1.82) is 0 Å². The summed E-state index contributed by atoms with van der Waals surface area (Å²) in [5.41, 5.74) is 4.93. The average molecular weight is 406 g/mol. The van der Waals surface area contributed by atoms with E-state index in [0.29, 0.717) is 10.7 Å². The van der Waals surface area contributed by atoms with Crippen LogP contribution >= 0.6 is 11.6 Å². The average Bonchev–Trinajstić information content (AvgIpc) is 2.76. The number of carbonyl (C=O) groups excluding carboxylic acids is 1. The first-order chi connectivity index (χ1) is 14.2. The quantitative estimate of drug-likeness (QED) is 0.510. The monoisotopic (exact) mass is 405 g/mol. The third-order valence-corrected chi connectivity index (χ3v) is 5.38. The summed E-state index contributed by atoms with van der Waals surface area (Å²) in [4.78, 5) is 14.8. The lowest BCUT2D eigenvalue weighted by atomic mass is 10.0. The Kier molecular flexibility index (Phi) is 6.01. The molecule has 1 heterocycles. The Morgan fingerprint density at radius 1 is 0.759 bits per heavy atom. The SMILES string of the molecule is O=C(Nc1ccc(Cl)cc1)Nc1cccc(-c2cccc(N3CCCCC3)c2)c1. The number of hydrogen-bond acceptors (Lipinski definition) is 2. The molecule has 0 atom stereocenters. The van der Waals surface area contributed by atoms with Crippen LogP contribution in [0.4, 0.5) is 21.9 Å². The van der Waals surface area contributed by atoms with E-state index in [0.717, 1.165) is 29.9 Å². The number of halogens is 1. The van der Waals surface area contributed by atoms with E-state index in [-0.39, 0.29) is 6.03 Å². The summed E-state index contributed by atoms with van der Waals surface area (Å²) in [6.45, 7) is 2.24. The van der Waals surface area contributed by atoms with Gasteiger partial charge in [-0.25, -0.2) is 4.79 Å². The Labute approximate surface area is 176 Å². The summed E-state index contributed by atoms with van der Waals surface area (Å²) in [6.07, 6.45) is 3.83. The van der Waals surface area contributed by atoms with Gasteiger partial charge in [0.15, 0.2) is 0 Å². The molecule has 1 aliphatic heterocycles. The first-order valence-corrected chi connectivity index (χ1v) is 10.3. The van der Waals surface area contributed by atoms with Crippen LogP contribution < -0.4 is 15.5 Å². The van der Waals surface area contributed by atoms with Crippen molar-refractivity contribution >= 4 is 34.7 Å². The second-order valence-corrected chi connectivity index (χ2v) is 7.70. The highest BCUT2D eigenvalue weighted by molar-refractivity contribution is 6.30. The van der Waals surface area contributed by atoms with Crippen LogP contribution in [0.15, 0.2) is 72.8 Å². The van der Waals surface area contributed by atoms with E-state index in [1.165, 1.54) is 24.9 Å². The predicted molar refractivity (Wildman–Crippen MR) is 122 cm³/mol. The fourth-order valence-corrected chi connectivity index (χ4v) is 3.76. The Morgan fingerprint density at radius 2 is 1.41 bits per heavy atom. The molecule has 2 N–H and O–H groups in total. The summed E-state index contributed by atoms with van der Waals surface area (Å²) in [5.74, 6) is 0. The van der Waals surface area contributed by atoms with Crippen molar-refractivity contribution in [3.05, 3.63) is 77.8 Å². The number of hydrogen-bond donors (Lipinski definition) is 2. The van der Waals surface area contributed by atoms with Crippen LogP contribution in [0.3, 0.4) is 0 Å². The molecule has 148 valence electrons. The first-order valence-electron chi connectivity index (χ1n) is 9.96. The highest BCUT2D eigenvalue weighted by atomic mass is 35.5. The molecule has 1 fully saturated rings. The fraction of sp³-hybridized carbons (Fsp3) is 0.208. The van der Waals surface area contributed by atoms with Crippen molar-refractivity contribution < 1.29 is 4.79 Å². The van der Waals surface area contributed by atoms with E-state index in [9.17, 15) is 4.79 Å². The number of nitrogens with zero attached hydrogens (tertiary/aromatic N) is 1. The number of anilines is 3. The van der Waals surface area contributed by atoms with E-state index in [2.05, 4.69) is 45.9 Å². The Morgan fingerprint density at radius 3 is 2.17 bits per heavy atom. The van der Waals surface area contributed by atoms with Crippen molar-refractivity contribution in [2.45, 2.75) is 19.3 Å². The van der Waals surface area contributed by atoms with Crippen LogP contribution in [0.25, 0.3) is 11.1 Å². The lowest BCUT2D eigenvalue weighted by Gasteiger charge is -2.29. The van der Waals surface area contributed by atoms with Gasteiger partial charge >= 0.3 is 6.03 Å². The highest BCUT2D eigenvalue weighted by Crippen LogP contribution is 2.28. The third kappa shape index (κ3) is 5.09. The topological polar surface area (TPSA) is 44.4 Å². The molecular formula is C24H24ClN3O. The molecule has 4 nitrogen and oxygen atoms in total. The third-order valence-electron chi connectivity index (χ3n) is 5.12. The number of amides is 2. The van der Waals surface area contributed by atoms with Gasteiger partial charge in [-0.05, 0) is 78.9 Å². The summed E-state index contributed by atoms with van der Waals surface area (Å²) in [6, 6.07) is 23.3. The molecule has 0 radical (unpaired) electrons. The zero-order valence-electron chi connectivity index (χ0n) is 16.2. The van der Waals surface area contributed by atoms with Gasteiger partial charge in [-0.1, -0.05) is 35.9 Å². The Bertz CT molecular complexity index is 981. The molecule has 4 rings (SSSR count). The Balaban J connectivity index is 1.47. The van der Waals surface area contributed by atoms with Gasteiger partial charge in [0.25, 0.3) is 0 Å². The van der Waals surface area contributed by atoms with Gasteiger partial charge in [0.2, 0.25) is 0 Å². The minimum Gasteiger partial charge on any atom is -0.372 e. The highest BCUT2D eigenvalue weighted by Gasteiger charge is 2.12. The van der Waals surface area contributed by atoms with Crippen molar-refractivity contribution in [2.75, 3.05) is 28.6 Å². The molecule has 2 amide bonds. The van der Waals surface area contributed by atoms with E-state index in [1.54, 1.807) is 24.3 Å². The van der Waals surface area contributed by atoms with Crippen LogP contribution in [0.1, 0.15) is 19.3 Å². The summed E-state index contributed by atoms with van der Waals surface area (Å²) < 4.78 is 0. The van der Waals surface area contributed by atoms with Gasteiger partial charge < -0.3 is 15.5 Å². The summed E-state index contributed by atoms with van der Waals surface area (Å²) in [5, 5.41) is 6.35. The maximum absolute atomic E-state index is 12.3. The molecular weight excluding hydrogens is 382 g/mol. The van der Waals surface area contributed by atoms with Gasteiger partial charge in [-0.3, -0.25) is 0 Å². The van der Waals surface area contributed by atoms with Gasteiger partial charge in [-0.2, -0.15) is 0 Å². The zero-order chi connectivity index (χ0) is 20.1. The summed E-state index contributed by atoms with van der Waals surface area (Å²) in [7, 11) is 0. The van der Waals surface area contributed by atoms with Gasteiger partial charge in [0, 0.05) is 35.2 Å². The van der Waals surface area contributed by atoms with Gasteiger partial charge in [0.05, 0.1) is 0 Å². The maximum atomic E-state index is 12.3. The second-order valence-electron chi connectivity index (χ2n) is 7.26. The number of nitrogens with one attached hydrogen (secondary N) is 2. The van der Waals surface area contributed by atoms with Crippen LogP contribution in [-0.2, 0) is 0 Å². The molecule has 3 aromatic carbocycles. The Hall–Kier alpha value is -2.98. The number of piperidine rings is 1. The van der Waals surface area contributed by atoms with Gasteiger partial charge in [0.1, 0.15) is 0 Å². The molecule has 0 aromatic heterocycles. The molecule has 1 saturated heterocycles. The lowest BCUT2D eigenvalue weighted by Crippen LogP contribution is -2.29. The molecule has 0 spiro atoms. The predicted octanol–water partition coefficient (Wildman–Crippen LogP) is 6.64. The number of benzene rings is 3. The van der Waals surface area contributed by atoms with Crippen molar-refractivity contribution in [3.8, 4) is 11.1 Å². The number of carbonyl (C=O) groups is 1. The number of rotatable bonds is 4. The minimum absolute atomic E-state index is 0.286. The van der Waals surface area contributed by atoms with Crippen LogP contribution in [0, 0.1) is 0 Å². The van der Waals surface area contributed by atoms with Crippen molar-refractivity contribution in [1.82, 2.24) is 0 Å². The van der Waals surface area contributed by atoms with Gasteiger partial charge in [-0.15, -0.1) is 0 Å². The van der Waals surface area contributed by atoms with Crippen molar-refractivity contribution in [3.63, 3.8) is 0 Å². The minimum atomic E-state index is -0.286. The maximum Gasteiger partial charge on any atom is 0.323 e. The fourth-order valence-electron chi connectivity index (χ4n) is 3.64. The standard InChI is InChI=1S/C24H24ClN3O/c25-20-10-12-21(13-11-20)26-24(29)27-22-8-4-6-18(16-22)19-7-5-9-23(17-19)28-14-2-1-3-15-28/h4-13,16-17H,1-3,14-15H2,(H2,26,27,29). The van der Waals surface area contributed by atoms with Crippen LogP contribution in [0.5, 0.6) is 0 Å². The molecule has 3 aromatic rings. The van der Waals surface area contributed by atoms with E-state index >= 15 is 0 Å². The molecule has 0 unspecified atom stereocenters. The van der Waals surface area contributed by atoms with Crippen LogP contribution in [-0.4, -0.2) is 19.1 Å².